The first-order chi connectivity index (χ1) is 26.6. The molecule has 282 valence electrons. The molecule has 1 saturated heterocycles. The predicted octanol–water partition coefficient (Wildman–Crippen LogP) is 7.35. The average molecular weight is 757 g/mol. The summed E-state index contributed by atoms with van der Waals surface area (Å²) in [6.45, 7) is 5.88. The fraction of sp³-hybridized carbons (Fsp3) is 0.326. The van der Waals surface area contributed by atoms with Crippen LogP contribution in [0, 0.1) is 5.92 Å². The number of hydrazone groups is 1. The zero-order valence-electron chi connectivity index (χ0n) is 31.3. The Morgan fingerprint density at radius 1 is 0.945 bits per heavy atom. The van der Waals surface area contributed by atoms with Crippen LogP contribution in [0.5, 0.6) is 0 Å². The van der Waals surface area contributed by atoms with Crippen LogP contribution in [0.15, 0.2) is 120 Å². The smallest absolute Gasteiger partial charge is 0.264 e. The van der Waals surface area contributed by atoms with Gasteiger partial charge < -0.3 is 18.9 Å². The lowest BCUT2D eigenvalue weighted by molar-refractivity contribution is -0.146. The lowest BCUT2D eigenvalue weighted by atomic mass is 9.82. The van der Waals surface area contributed by atoms with Crippen LogP contribution >= 0.6 is 0 Å². The molecule has 1 aromatic heterocycles. The van der Waals surface area contributed by atoms with E-state index in [0.29, 0.717) is 55.0 Å². The van der Waals surface area contributed by atoms with Gasteiger partial charge in [-0.1, -0.05) is 103 Å². The average Bonchev–Trinajstić information content (AvgIpc) is 3.85. The van der Waals surface area contributed by atoms with Gasteiger partial charge >= 0.3 is 0 Å². The zero-order valence-corrected chi connectivity index (χ0v) is 32.3. The fourth-order valence-electron chi connectivity index (χ4n) is 8.85. The lowest BCUT2D eigenvalue weighted by Crippen LogP contribution is -2.45. The molecule has 1 unspecified atom stereocenters. The molecular formula is C43H45FN6O4Si. The van der Waals surface area contributed by atoms with Crippen molar-refractivity contribution >= 4 is 37.3 Å². The molecule has 10 nitrogen and oxygen atoms in total. The molecule has 5 aromatic rings. The number of carbonyl (C=O) groups excluding carboxylic acids is 2. The van der Waals surface area contributed by atoms with Crippen molar-refractivity contribution in [3.63, 3.8) is 0 Å². The fourth-order valence-corrected chi connectivity index (χ4v) is 11.4. The third-order valence-corrected chi connectivity index (χ3v) is 13.9. The first kappa shape index (κ1) is 36.7. The number of benzene rings is 4. The molecule has 55 heavy (non-hydrogen) atoms. The highest BCUT2D eigenvalue weighted by atomic mass is 28.4. The molecule has 5 atom stereocenters. The Kier molecular flexibility index (Phi) is 9.82. The number of rotatable bonds is 11. The largest absolute Gasteiger partial charge is 0.395 e. The molecule has 8 rings (SSSR count). The molecular weight excluding hydrogens is 712 g/mol. The van der Waals surface area contributed by atoms with Crippen molar-refractivity contribution in [2.75, 3.05) is 16.5 Å². The standard InChI is InChI=1S/C43H45FN6O4Si/c1-29-41(55(2,3)44)39(23-24-48-27-37(45-47-48)34(28-51)31-15-9-5-10-16-31)54-43(29)35-25-33(50-40(52)22-20-36(46-50)32-17-11-6-12-18-32)19-21-38(35)49(42(43)53)26-30-13-7-4-8-14-30/h4-19,21,25,27,29,34,39,41,51H,20,22-24,26,28H2,1-3H3/t29-,34?,39+,41-,43+/m0/s1. The number of ether oxygens (including phenoxy) is 1. The minimum Gasteiger partial charge on any atom is -0.395 e. The number of hydrogen-bond donors (Lipinski definition) is 1. The molecule has 0 saturated carbocycles. The van der Waals surface area contributed by atoms with Crippen molar-refractivity contribution in [2.45, 2.75) is 75.5 Å². The normalized spacial score (nSPS) is 23.0. The number of aryl methyl sites for hydroxylation is 1. The Hall–Kier alpha value is -5.30. The third kappa shape index (κ3) is 6.72. The summed E-state index contributed by atoms with van der Waals surface area (Å²) in [6, 6.07) is 34.8. The summed E-state index contributed by atoms with van der Waals surface area (Å²) in [5.41, 5.74) is 4.08. The number of aliphatic hydroxyl groups excluding tert-OH is 1. The molecule has 0 bridgehead atoms. The number of amides is 2. The van der Waals surface area contributed by atoms with Crippen molar-refractivity contribution in [1.29, 1.82) is 0 Å². The number of fused-ring (bicyclic) bond motifs is 2. The van der Waals surface area contributed by atoms with Crippen LogP contribution in [0.4, 0.5) is 15.5 Å². The zero-order chi connectivity index (χ0) is 38.3. The van der Waals surface area contributed by atoms with Gasteiger partial charge in [0.1, 0.15) is 0 Å². The molecule has 3 aliphatic heterocycles. The van der Waals surface area contributed by atoms with Gasteiger partial charge in [-0.3, -0.25) is 14.3 Å². The van der Waals surface area contributed by atoms with Crippen molar-refractivity contribution < 1.29 is 23.5 Å². The summed E-state index contributed by atoms with van der Waals surface area (Å²) in [5, 5.41) is 25.2. The van der Waals surface area contributed by atoms with E-state index >= 15 is 8.90 Å². The van der Waals surface area contributed by atoms with E-state index in [0.717, 1.165) is 22.4 Å². The predicted molar refractivity (Wildman–Crippen MR) is 212 cm³/mol. The van der Waals surface area contributed by atoms with Crippen LogP contribution < -0.4 is 9.91 Å². The molecule has 4 aromatic carbocycles. The van der Waals surface area contributed by atoms with Gasteiger partial charge in [-0.15, -0.1) is 5.10 Å². The van der Waals surface area contributed by atoms with E-state index < -0.39 is 31.6 Å². The van der Waals surface area contributed by atoms with Gasteiger partial charge in [-0.2, -0.15) is 5.10 Å². The Morgan fingerprint density at radius 2 is 1.64 bits per heavy atom. The van der Waals surface area contributed by atoms with Crippen LogP contribution in [-0.4, -0.2) is 58.7 Å². The molecule has 1 spiro atoms. The van der Waals surface area contributed by atoms with Crippen LogP contribution in [0.3, 0.4) is 0 Å². The van der Waals surface area contributed by atoms with Crippen molar-refractivity contribution in [3.05, 3.63) is 143 Å². The van der Waals surface area contributed by atoms with Crippen LogP contribution in [-0.2, 0) is 33.0 Å². The summed E-state index contributed by atoms with van der Waals surface area (Å²) in [6.07, 6.45) is 2.43. The summed E-state index contributed by atoms with van der Waals surface area (Å²) in [4.78, 5) is 30.3. The van der Waals surface area contributed by atoms with E-state index in [1.807, 2.05) is 122 Å². The first-order valence-corrected chi connectivity index (χ1v) is 21.9. The van der Waals surface area contributed by atoms with Crippen molar-refractivity contribution in [1.82, 2.24) is 15.0 Å². The molecule has 0 radical (unpaired) electrons. The Labute approximate surface area is 321 Å². The third-order valence-electron chi connectivity index (χ3n) is 11.5. The maximum Gasteiger partial charge on any atom is 0.264 e. The number of carbonyl (C=O) groups is 2. The molecule has 3 aliphatic rings. The topological polar surface area (TPSA) is 113 Å². The summed E-state index contributed by atoms with van der Waals surface area (Å²) in [7, 11) is -3.46. The molecule has 12 heteroatoms. The van der Waals surface area contributed by atoms with E-state index in [4.69, 9.17) is 9.84 Å². The second kappa shape index (κ2) is 14.7. The first-order valence-electron chi connectivity index (χ1n) is 19.0. The van der Waals surface area contributed by atoms with Crippen LogP contribution in [0.2, 0.25) is 18.6 Å². The molecule has 4 heterocycles. The minimum atomic E-state index is -3.46. The molecule has 1 N–H and O–H groups in total. The molecule has 2 amide bonds. The van der Waals surface area contributed by atoms with Crippen molar-refractivity contribution in [2.24, 2.45) is 11.0 Å². The number of hydrogen-bond acceptors (Lipinski definition) is 7. The maximum atomic E-state index is 16.7. The lowest BCUT2D eigenvalue weighted by Gasteiger charge is -2.31. The molecule has 1 fully saturated rings. The Morgan fingerprint density at radius 3 is 2.33 bits per heavy atom. The van der Waals surface area contributed by atoms with Gasteiger partial charge in [-0.25, -0.2) is 5.01 Å². The van der Waals surface area contributed by atoms with Gasteiger partial charge in [0, 0.05) is 42.6 Å². The second-order valence-electron chi connectivity index (χ2n) is 15.3. The highest BCUT2D eigenvalue weighted by Crippen LogP contribution is 2.61. The summed E-state index contributed by atoms with van der Waals surface area (Å²) < 4.78 is 25.4. The number of anilines is 2. The highest BCUT2D eigenvalue weighted by molar-refractivity contribution is 6.72. The van der Waals surface area contributed by atoms with E-state index in [1.165, 1.54) is 5.01 Å². The minimum absolute atomic E-state index is 0.122. The van der Waals surface area contributed by atoms with Gasteiger partial charge in [0.25, 0.3) is 5.91 Å². The van der Waals surface area contributed by atoms with Crippen molar-refractivity contribution in [3.8, 4) is 0 Å². The van der Waals surface area contributed by atoms with E-state index in [-0.39, 0.29) is 24.3 Å². The number of aliphatic hydroxyl groups is 1. The monoisotopic (exact) mass is 756 g/mol. The van der Waals surface area contributed by atoms with E-state index in [2.05, 4.69) is 10.3 Å². The van der Waals surface area contributed by atoms with E-state index in [1.54, 1.807) is 22.7 Å². The number of halogens is 1. The van der Waals surface area contributed by atoms with Gasteiger partial charge in [0.2, 0.25) is 14.3 Å². The Balaban J connectivity index is 1.16. The summed E-state index contributed by atoms with van der Waals surface area (Å²) in [5.74, 6) is -1.23. The van der Waals surface area contributed by atoms with Gasteiger partial charge in [-0.05, 0) is 54.4 Å². The SMILES string of the molecule is C[C@H]1[C@H]([Si](C)(C)F)[C@@H](CCn2cc(C(CO)c3ccccc3)nn2)O[C@]12C(=O)N(Cc1ccccc1)c1ccc(N3N=C(c4ccccc4)CCC3=O)cc12. The van der Waals surface area contributed by atoms with Crippen LogP contribution in [0.1, 0.15) is 60.1 Å². The van der Waals surface area contributed by atoms with Crippen LogP contribution in [0.25, 0.3) is 0 Å². The van der Waals surface area contributed by atoms with Gasteiger partial charge in [0.15, 0.2) is 5.60 Å². The van der Waals surface area contributed by atoms with Gasteiger partial charge in [0.05, 0.1) is 48.0 Å². The Bertz CT molecular complexity index is 2210. The second-order valence-corrected chi connectivity index (χ2v) is 19.1. The maximum absolute atomic E-state index is 16.7. The quantitative estimate of drug-likeness (QED) is 0.112. The number of nitrogens with zero attached hydrogens (tertiary/aromatic N) is 6. The number of aromatic nitrogens is 3. The highest BCUT2D eigenvalue weighted by Gasteiger charge is 2.66. The summed E-state index contributed by atoms with van der Waals surface area (Å²) >= 11 is 0. The molecule has 0 aliphatic carbocycles. The van der Waals surface area contributed by atoms with E-state index in [9.17, 15) is 9.90 Å².